The van der Waals surface area contributed by atoms with Crippen LogP contribution in [-0.2, 0) is 6.42 Å². The SMILES string of the molecule is CCc1ccc(NC(=O)Nc2cc(-c3ccccc3-c3nn[nH]n3)ccc2N(CC(C)C)CC(C)C)cc1. The van der Waals surface area contributed by atoms with Crippen LogP contribution in [0.2, 0.25) is 0 Å². The van der Waals surface area contributed by atoms with Gasteiger partial charge in [0.2, 0.25) is 5.82 Å². The molecule has 0 radical (unpaired) electrons. The second kappa shape index (κ2) is 12.4. The molecule has 0 atom stereocenters. The van der Waals surface area contributed by atoms with E-state index in [0.717, 1.165) is 53.3 Å². The molecule has 0 bridgehead atoms. The summed E-state index contributed by atoms with van der Waals surface area (Å²) in [5, 5.41) is 20.7. The lowest BCUT2D eigenvalue weighted by Crippen LogP contribution is -2.32. The molecule has 0 unspecified atom stereocenters. The molecule has 0 aliphatic carbocycles. The van der Waals surface area contributed by atoms with E-state index < -0.39 is 0 Å². The molecule has 0 aliphatic rings. The topological polar surface area (TPSA) is 98.8 Å². The maximum atomic E-state index is 13.2. The molecule has 2 amide bonds. The Kier molecular flexibility index (Phi) is 8.73. The fourth-order valence-corrected chi connectivity index (χ4v) is 4.55. The Balaban J connectivity index is 1.72. The third-order valence-corrected chi connectivity index (χ3v) is 6.20. The van der Waals surface area contributed by atoms with E-state index in [4.69, 9.17) is 0 Å². The summed E-state index contributed by atoms with van der Waals surface area (Å²) in [6, 6.07) is 21.8. The zero-order chi connectivity index (χ0) is 27.1. The van der Waals surface area contributed by atoms with Crippen LogP contribution in [0.3, 0.4) is 0 Å². The van der Waals surface area contributed by atoms with Crippen LogP contribution in [0.4, 0.5) is 21.9 Å². The molecule has 0 spiro atoms. The van der Waals surface area contributed by atoms with Gasteiger partial charge in [0.15, 0.2) is 0 Å². The number of benzene rings is 3. The number of carbonyl (C=O) groups is 1. The highest BCUT2D eigenvalue weighted by Crippen LogP contribution is 2.36. The monoisotopic (exact) mass is 511 g/mol. The third-order valence-electron chi connectivity index (χ3n) is 6.20. The summed E-state index contributed by atoms with van der Waals surface area (Å²) in [6.07, 6.45) is 0.954. The maximum absolute atomic E-state index is 13.2. The molecule has 4 aromatic rings. The number of nitrogens with one attached hydrogen (secondary N) is 3. The van der Waals surface area contributed by atoms with Crippen LogP contribution in [0.15, 0.2) is 66.7 Å². The van der Waals surface area contributed by atoms with E-state index in [2.05, 4.69) is 82.9 Å². The van der Waals surface area contributed by atoms with Gasteiger partial charge in [-0.3, -0.25) is 0 Å². The number of tetrazole rings is 1. The lowest BCUT2D eigenvalue weighted by Gasteiger charge is -2.31. The van der Waals surface area contributed by atoms with E-state index in [-0.39, 0.29) is 6.03 Å². The quantitative estimate of drug-likeness (QED) is 0.216. The van der Waals surface area contributed by atoms with E-state index in [9.17, 15) is 4.79 Å². The maximum Gasteiger partial charge on any atom is 0.323 e. The van der Waals surface area contributed by atoms with Crippen LogP contribution < -0.4 is 15.5 Å². The highest BCUT2D eigenvalue weighted by molar-refractivity contribution is 6.02. The minimum absolute atomic E-state index is 0.284. The van der Waals surface area contributed by atoms with Gasteiger partial charge in [0.05, 0.1) is 11.4 Å². The molecule has 8 heteroatoms. The molecule has 8 nitrogen and oxygen atoms in total. The minimum Gasteiger partial charge on any atom is -0.369 e. The van der Waals surface area contributed by atoms with Gasteiger partial charge in [0, 0.05) is 24.3 Å². The molecule has 0 saturated heterocycles. The van der Waals surface area contributed by atoms with Crippen LogP contribution in [-0.4, -0.2) is 39.7 Å². The van der Waals surface area contributed by atoms with Crippen molar-refractivity contribution in [1.29, 1.82) is 0 Å². The number of anilines is 3. The highest BCUT2D eigenvalue weighted by Gasteiger charge is 2.19. The second-order valence-electron chi connectivity index (χ2n) is 10.3. The van der Waals surface area contributed by atoms with Gasteiger partial charge < -0.3 is 15.5 Å². The lowest BCUT2D eigenvalue weighted by molar-refractivity contribution is 0.262. The van der Waals surface area contributed by atoms with Crippen molar-refractivity contribution in [3.63, 3.8) is 0 Å². The molecule has 4 rings (SSSR count). The molecule has 0 aliphatic heterocycles. The van der Waals surface area contributed by atoms with E-state index in [1.165, 1.54) is 5.56 Å². The number of aryl methyl sites for hydroxylation is 1. The van der Waals surface area contributed by atoms with Gasteiger partial charge in [-0.15, -0.1) is 10.2 Å². The Bertz CT molecular complexity index is 1320. The van der Waals surface area contributed by atoms with Crippen molar-refractivity contribution < 1.29 is 4.79 Å². The normalized spacial score (nSPS) is 11.1. The van der Waals surface area contributed by atoms with Crippen molar-refractivity contribution in [2.75, 3.05) is 28.6 Å². The van der Waals surface area contributed by atoms with Crippen molar-refractivity contribution in [3.8, 4) is 22.5 Å². The largest absolute Gasteiger partial charge is 0.369 e. The molecule has 198 valence electrons. The fraction of sp³-hybridized carbons (Fsp3) is 0.333. The first kappa shape index (κ1) is 26.9. The van der Waals surface area contributed by atoms with E-state index in [0.29, 0.717) is 17.7 Å². The Morgan fingerprint density at radius 2 is 1.58 bits per heavy atom. The number of aromatic amines is 1. The molecule has 3 N–H and O–H groups in total. The summed E-state index contributed by atoms with van der Waals surface area (Å²) in [5.41, 5.74) is 6.48. The summed E-state index contributed by atoms with van der Waals surface area (Å²) >= 11 is 0. The van der Waals surface area contributed by atoms with E-state index in [1.54, 1.807) is 0 Å². The summed E-state index contributed by atoms with van der Waals surface area (Å²) in [6.45, 7) is 12.7. The Morgan fingerprint density at radius 1 is 0.895 bits per heavy atom. The molecule has 1 heterocycles. The number of hydrogen-bond donors (Lipinski definition) is 3. The molecule has 3 aromatic carbocycles. The van der Waals surface area contributed by atoms with E-state index >= 15 is 0 Å². The number of amides is 2. The number of hydrogen-bond acceptors (Lipinski definition) is 5. The first-order valence-corrected chi connectivity index (χ1v) is 13.2. The van der Waals surface area contributed by atoms with Gasteiger partial charge in [-0.2, -0.15) is 5.21 Å². The predicted octanol–water partition coefficient (Wildman–Crippen LogP) is 6.86. The summed E-state index contributed by atoms with van der Waals surface area (Å²) in [7, 11) is 0. The van der Waals surface area contributed by atoms with Crippen LogP contribution in [0.1, 0.15) is 40.2 Å². The standard InChI is InChI=1S/C30H37N7O/c1-6-22-11-14-24(15-12-22)31-30(38)32-27-17-23(13-16-28(27)37(18-20(2)3)19-21(4)5)25-9-7-8-10-26(25)29-33-35-36-34-29/h7-17,20-21H,6,18-19H2,1-5H3,(H2,31,32,38)(H,33,34,35,36). The van der Waals surface area contributed by atoms with Crippen molar-refractivity contribution in [1.82, 2.24) is 20.6 Å². The van der Waals surface area contributed by atoms with E-state index in [1.807, 2.05) is 54.6 Å². The Hall–Kier alpha value is -4.20. The fourth-order valence-electron chi connectivity index (χ4n) is 4.55. The summed E-state index contributed by atoms with van der Waals surface area (Å²) in [5.74, 6) is 1.45. The zero-order valence-corrected chi connectivity index (χ0v) is 22.8. The van der Waals surface area contributed by atoms with Crippen molar-refractivity contribution >= 4 is 23.1 Å². The number of rotatable bonds is 10. The van der Waals surface area contributed by atoms with Gasteiger partial charge in [0.25, 0.3) is 0 Å². The third kappa shape index (κ3) is 6.76. The highest BCUT2D eigenvalue weighted by atomic mass is 16.2. The number of H-pyrrole nitrogens is 1. The molecule has 0 fully saturated rings. The van der Waals surface area contributed by atoms with Crippen molar-refractivity contribution in [2.45, 2.75) is 41.0 Å². The number of aromatic nitrogens is 4. The zero-order valence-electron chi connectivity index (χ0n) is 22.8. The first-order chi connectivity index (χ1) is 18.3. The Morgan fingerprint density at radius 3 is 2.18 bits per heavy atom. The number of carbonyl (C=O) groups excluding carboxylic acids is 1. The van der Waals surface area contributed by atoms with Gasteiger partial charge in [-0.25, -0.2) is 4.79 Å². The van der Waals surface area contributed by atoms with Gasteiger partial charge in [0.1, 0.15) is 0 Å². The van der Waals surface area contributed by atoms with Crippen LogP contribution in [0.5, 0.6) is 0 Å². The average Bonchev–Trinajstić information content (AvgIpc) is 3.43. The molecular formula is C30H37N7O. The Labute approximate surface area is 224 Å². The smallest absolute Gasteiger partial charge is 0.323 e. The minimum atomic E-state index is -0.284. The molecule has 1 aromatic heterocycles. The van der Waals surface area contributed by atoms with Crippen LogP contribution >= 0.6 is 0 Å². The predicted molar refractivity (Wildman–Crippen MR) is 155 cm³/mol. The number of urea groups is 1. The van der Waals surface area contributed by atoms with Crippen LogP contribution in [0, 0.1) is 11.8 Å². The van der Waals surface area contributed by atoms with Crippen molar-refractivity contribution in [3.05, 3.63) is 72.3 Å². The average molecular weight is 512 g/mol. The van der Waals surface area contributed by atoms with Gasteiger partial charge >= 0.3 is 6.03 Å². The summed E-state index contributed by atoms with van der Waals surface area (Å²) in [4.78, 5) is 15.5. The van der Waals surface area contributed by atoms with Crippen LogP contribution in [0.25, 0.3) is 22.5 Å². The molecule has 0 saturated carbocycles. The molecular weight excluding hydrogens is 474 g/mol. The van der Waals surface area contributed by atoms with Gasteiger partial charge in [-0.1, -0.05) is 77.1 Å². The summed E-state index contributed by atoms with van der Waals surface area (Å²) < 4.78 is 0. The number of nitrogens with zero attached hydrogens (tertiary/aromatic N) is 4. The first-order valence-electron chi connectivity index (χ1n) is 13.2. The second-order valence-corrected chi connectivity index (χ2v) is 10.3. The molecule has 38 heavy (non-hydrogen) atoms. The van der Waals surface area contributed by atoms with Crippen molar-refractivity contribution in [2.24, 2.45) is 11.8 Å². The van der Waals surface area contributed by atoms with Gasteiger partial charge in [-0.05, 0) is 64.4 Å². The lowest BCUT2D eigenvalue weighted by atomic mass is 9.97.